The van der Waals surface area contributed by atoms with Crippen LogP contribution in [0.2, 0.25) is 0 Å². The van der Waals surface area contributed by atoms with Crippen LogP contribution >= 0.6 is 0 Å². The highest BCUT2D eigenvalue weighted by Gasteiger charge is 2.32. The van der Waals surface area contributed by atoms with Gasteiger partial charge in [0, 0.05) is 31.8 Å². The standard InChI is InChI=1S/C20H22F4N4O4S/c1-32-10-9-25-19-14(4-7-17(27-19)20(22,23)24)5-8-18(29)26-12-13-3-6-16(15(21)11-13)28-33(2,30)31/h3-8,11,28H,9-10,12H2,1-2H3,(H,25,27)(H,26,29). The van der Waals surface area contributed by atoms with Crippen LogP contribution in [0.3, 0.4) is 0 Å². The van der Waals surface area contributed by atoms with Gasteiger partial charge in [-0.3, -0.25) is 9.52 Å². The second-order valence-electron chi connectivity index (χ2n) is 6.79. The number of hydrogen-bond donors (Lipinski definition) is 3. The second-order valence-corrected chi connectivity index (χ2v) is 8.54. The number of nitrogens with zero attached hydrogens (tertiary/aromatic N) is 1. The van der Waals surface area contributed by atoms with Gasteiger partial charge in [0.05, 0.1) is 18.6 Å². The van der Waals surface area contributed by atoms with Gasteiger partial charge in [-0.2, -0.15) is 13.2 Å². The summed E-state index contributed by atoms with van der Waals surface area (Å²) in [4.78, 5) is 15.7. The first-order valence-corrected chi connectivity index (χ1v) is 11.3. The van der Waals surface area contributed by atoms with E-state index >= 15 is 0 Å². The Hall–Kier alpha value is -3.19. The van der Waals surface area contributed by atoms with Crippen molar-refractivity contribution in [2.24, 2.45) is 0 Å². The van der Waals surface area contributed by atoms with Crippen LogP contribution in [0.4, 0.5) is 29.1 Å². The predicted molar refractivity (Wildman–Crippen MR) is 115 cm³/mol. The van der Waals surface area contributed by atoms with E-state index in [4.69, 9.17) is 4.74 Å². The molecule has 0 atom stereocenters. The zero-order valence-electron chi connectivity index (χ0n) is 17.7. The molecule has 0 unspecified atom stereocenters. The van der Waals surface area contributed by atoms with E-state index in [9.17, 15) is 30.8 Å². The summed E-state index contributed by atoms with van der Waals surface area (Å²) < 4.78 is 82.1. The minimum atomic E-state index is -4.63. The number of benzene rings is 1. The van der Waals surface area contributed by atoms with E-state index in [1.807, 2.05) is 4.72 Å². The largest absolute Gasteiger partial charge is 0.433 e. The van der Waals surface area contributed by atoms with Crippen LogP contribution < -0.4 is 15.4 Å². The number of carbonyl (C=O) groups excluding carboxylic acids is 1. The number of alkyl halides is 3. The first-order valence-electron chi connectivity index (χ1n) is 9.42. The molecule has 0 spiro atoms. The third-order valence-corrected chi connectivity index (χ3v) is 4.62. The summed E-state index contributed by atoms with van der Waals surface area (Å²) in [6.45, 7) is 0.369. The fourth-order valence-corrected chi connectivity index (χ4v) is 3.11. The topological polar surface area (TPSA) is 109 Å². The Morgan fingerprint density at radius 2 is 1.94 bits per heavy atom. The lowest BCUT2D eigenvalue weighted by Gasteiger charge is -2.12. The van der Waals surface area contributed by atoms with Crippen LogP contribution in [-0.2, 0) is 32.3 Å². The van der Waals surface area contributed by atoms with Crippen molar-refractivity contribution >= 4 is 33.5 Å². The quantitative estimate of drug-likeness (QED) is 0.268. The van der Waals surface area contributed by atoms with Crippen molar-refractivity contribution in [1.82, 2.24) is 10.3 Å². The van der Waals surface area contributed by atoms with Crippen molar-refractivity contribution < 1.29 is 35.5 Å². The molecule has 1 heterocycles. The number of methoxy groups -OCH3 is 1. The van der Waals surface area contributed by atoms with Gasteiger partial charge < -0.3 is 15.4 Å². The number of anilines is 2. The highest BCUT2D eigenvalue weighted by molar-refractivity contribution is 7.92. The monoisotopic (exact) mass is 490 g/mol. The van der Waals surface area contributed by atoms with Crippen molar-refractivity contribution in [2.75, 3.05) is 36.6 Å². The summed E-state index contributed by atoms with van der Waals surface area (Å²) in [5.74, 6) is -1.47. The first kappa shape index (κ1) is 26.1. The lowest BCUT2D eigenvalue weighted by atomic mass is 10.2. The molecule has 0 radical (unpaired) electrons. The normalized spacial score (nSPS) is 12.1. The molecule has 3 N–H and O–H groups in total. The van der Waals surface area contributed by atoms with Crippen molar-refractivity contribution in [3.8, 4) is 0 Å². The van der Waals surface area contributed by atoms with Crippen molar-refractivity contribution in [3.63, 3.8) is 0 Å². The average molecular weight is 490 g/mol. The maximum Gasteiger partial charge on any atom is 0.433 e. The van der Waals surface area contributed by atoms with Gasteiger partial charge in [0.2, 0.25) is 15.9 Å². The van der Waals surface area contributed by atoms with E-state index in [2.05, 4.69) is 15.6 Å². The number of hydrogen-bond acceptors (Lipinski definition) is 6. The fraction of sp³-hybridized carbons (Fsp3) is 0.300. The van der Waals surface area contributed by atoms with E-state index in [1.165, 1.54) is 31.4 Å². The van der Waals surface area contributed by atoms with Crippen LogP contribution in [0, 0.1) is 5.82 Å². The number of amides is 1. The molecule has 13 heteroatoms. The predicted octanol–water partition coefficient (Wildman–Crippen LogP) is 3.00. The Morgan fingerprint density at radius 1 is 1.21 bits per heavy atom. The maximum absolute atomic E-state index is 14.0. The van der Waals surface area contributed by atoms with E-state index in [-0.39, 0.29) is 36.8 Å². The molecule has 8 nitrogen and oxygen atoms in total. The van der Waals surface area contributed by atoms with E-state index in [0.29, 0.717) is 5.56 Å². The molecule has 2 aromatic rings. The van der Waals surface area contributed by atoms with Gasteiger partial charge in [-0.05, 0) is 35.9 Å². The van der Waals surface area contributed by atoms with Crippen molar-refractivity contribution in [2.45, 2.75) is 12.7 Å². The minimum Gasteiger partial charge on any atom is -0.383 e. The molecule has 2 rings (SSSR count). The van der Waals surface area contributed by atoms with Gasteiger partial charge in [0.15, 0.2) is 0 Å². The van der Waals surface area contributed by atoms with Crippen LogP contribution in [-0.4, -0.2) is 45.8 Å². The number of sulfonamides is 1. The molecule has 180 valence electrons. The Bertz CT molecular complexity index is 1120. The number of rotatable bonds is 10. The summed E-state index contributed by atoms with van der Waals surface area (Å²) in [6.07, 6.45) is -1.35. The molecular weight excluding hydrogens is 468 g/mol. The number of nitrogens with one attached hydrogen (secondary N) is 3. The second kappa shape index (κ2) is 11.1. The van der Waals surface area contributed by atoms with Crippen LogP contribution in [0.25, 0.3) is 6.08 Å². The first-order chi connectivity index (χ1) is 15.4. The van der Waals surface area contributed by atoms with Gasteiger partial charge in [0.1, 0.15) is 17.3 Å². The van der Waals surface area contributed by atoms with E-state index < -0.39 is 33.6 Å². The van der Waals surface area contributed by atoms with Gasteiger partial charge in [-0.25, -0.2) is 17.8 Å². The number of ether oxygens (including phenoxy) is 1. The fourth-order valence-electron chi connectivity index (χ4n) is 2.54. The smallest absolute Gasteiger partial charge is 0.383 e. The molecule has 0 fully saturated rings. The Labute approximate surface area is 188 Å². The summed E-state index contributed by atoms with van der Waals surface area (Å²) in [5, 5.41) is 5.23. The summed E-state index contributed by atoms with van der Waals surface area (Å²) >= 11 is 0. The minimum absolute atomic E-state index is 0.0660. The van der Waals surface area contributed by atoms with Crippen molar-refractivity contribution in [3.05, 3.63) is 59.0 Å². The molecule has 0 bridgehead atoms. The highest BCUT2D eigenvalue weighted by Crippen LogP contribution is 2.29. The molecule has 33 heavy (non-hydrogen) atoms. The third-order valence-electron chi connectivity index (χ3n) is 4.03. The number of pyridine rings is 1. The lowest BCUT2D eigenvalue weighted by molar-refractivity contribution is -0.141. The summed E-state index contributed by atoms with van der Waals surface area (Å²) in [5.41, 5.74) is -0.696. The Kier molecular flexibility index (Phi) is 8.76. The molecule has 0 saturated heterocycles. The molecule has 0 aliphatic carbocycles. The molecule has 1 amide bonds. The molecule has 0 saturated carbocycles. The summed E-state index contributed by atoms with van der Waals surface area (Å²) in [6, 6.07) is 5.69. The van der Waals surface area contributed by atoms with E-state index in [0.717, 1.165) is 24.5 Å². The van der Waals surface area contributed by atoms with Gasteiger partial charge in [0.25, 0.3) is 0 Å². The molecule has 1 aromatic heterocycles. The average Bonchev–Trinajstić information content (AvgIpc) is 2.71. The molecule has 0 aliphatic heterocycles. The van der Waals surface area contributed by atoms with Gasteiger partial charge in [-0.1, -0.05) is 6.07 Å². The lowest BCUT2D eigenvalue weighted by Crippen LogP contribution is -2.20. The van der Waals surface area contributed by atoms with Gasteiger partial charge in [-0.15, -0.1) is 0 Å². The van der Waals surface area contributed by atoms with E-state index in [1.54, 1.807) is 0 Å². The van der Waals surface area contributed by atoms with Crippen LogP contribution in [0.5, 0.6) is 0 Å². The van der Waals surface area contributed by atoms with Crippen LogP contribution in [0.1, 0.15) is 16.8 Å². The zero-order valence-corrected chi connectivity index (χ0v) is 18.5. The Morgan fingerprint density at radius 3 is 2.55 bits per heavy atom. The third kappa shape index (κ3) is 8.69. The molecular formula is C20H22F4N4O4S. The number of halogens is 4. The summed E-state index contributed by atoms with van der Waals surface area (Å²) in [7, 11) is -2.20. The molecule has 1 aromatic carbocycles. The molecule has 0 aliphatic rings. The van der Waals surface area contributed by atoms with Gasteiger partial charge >= 0.3 is 6.18 Å². The zero-order chi connectivity index (χ0) is 24.6. The maximum atomic E-state index is 14.0. The Balaban J connectivity index is 2.06. The SMILES string of the molecule is COCCNc1nc(C(F)(F)F)ccc1C=CC(=O)NCc1ccc(NS(C)(=O)=O)c(F)c1. The number of carbonyl (C=O) groups is 1. The van der Waals surface area contributed by atoms with Crippen LogP contribution in [0.15, 0.2) is 36.4 Å². The van der Waals surface area contributed by atoms with Crippen molar-refractivity contribution in [1.29, 1.82) is 0 Å². The number of aromatic nitrogens is 1. The highest BCUT2D eigenvalue weighted by atomic mass is 32.2.